The number of anilines is 1. The fraction of sp³-hybridized carbons (Fsp3) is 0.333. The third kappa shape index (κ3) is 4.80. The normalized spacial score (nSPS) is 12.4. The number of hydrogen-bond acceptors (Lipinski definition) is 5. The van der Waals surface area contributed by atoms with Gasteiger partial charge in [-0.25, -0.2) is 4.79 Å². The van der Waals surface area contributed by atoms with Gasteiger partial charge in [0.15, 0.2) is 6.10 Å². The van der Waals surface area contributed by atoms with E-state index >= 15 is 0 Å². The molecule has 1 unspecified atom stereocenters. The lowest BCUT2D eigenvalue weighted by Gasteiger charge is -2.19. The Morgan fingerprint density at radius 3 is 2.22 bits per heavy atom. The smallest absolute Gasteiger partial charge is 0.342 e. The van der Waals surface area contributed by atoms with Gasteiger partial charge in [-0.3, -0.25) is 4.79 Å². The minimum Gasteiger partial charge on any atom is -0.496 e. The van der Waals surface area contributed by atoms with E-state index in [1.165, 1.54) is 26.2 Å². The fourth-order valence-corrected chi connectivity index (χ4v) is 2.71. The van der Waals surface area contributed by atoms with Crippen molar-refractivity contribution < 1.29 is 19.1 Å². The van der Waals surface area contributed by atoms with Crippen molar-refractivity contribution >= 4 is 29.0 Å². The van der Waals surface area contributed by atoms with E-state index in [1.807, 2.05) is 12.1 Å². The topological polar surface area (TPSA) is 78.6 Å². The first-order valence-electron chi connectivity index (χ1n) is 8.53. The van der Waals surface area contributed by atoms with Gasteiger partial charge in [0, 0.05) is 11.6 Å². The molecule has 2 aromatic carbocycles. The van der Waals surface area contributed by atoms with Crippen LogP contribution >= 0.6 is 11.6 Å². The SMILES string of the molecule is COc1cc(N)c(Cl)cc1C(=O)OC(C)C(=O)c1ccc(C(C)(C)C)cc1. The third-order valence-corrected chi connectivity index (χ3v) is 4.55. The van der Waals surface area contributed by atoms with Gasteiger partial charge in [0.1, 0.15) is 11.3 Å². The molecule has 0 saturated carbocycles. The summed E-state index contributed by atoms with van der Waals surface area (Å²) in [4.78, 5) is 25.1. The first-order valence-corrected chi connectivity index (χ1v) is 8.91. The number of carbonyl (C=O) groups is 2. The summed E-state index contributed by atoms with van der Waals surface area (Å²) in [6.45, 7) is 7.82. The van der Waals surface area contributed by atoms with Crippen LogP contribution in [0.4, 0.5) is 5.69 Å². The molecular formula is C21H24ClNO4. The minimum absolute atomic E-state index is 0.00929. The molecule has 0 amide bonds. The molecule has 0 fully saturated rings. The molecule has 0 heterocycles. The second kappa shape index (κ2) is 8.01. The van der Waals surface area contributed by atoms with Gasteiger partial charge in [-0.1, -0.05) is 56.6 Å². The summed E-state index contributed by atoms with van der Waals surface area (Å²) in [5.41, 5.74) is 7.69. The van der Waals surface area contributed by atoms with Gasteiger partial charge in [-0.15, -0.1) is 0 Å². The average Bonchev–Trinajstić information content (AvgIpc) is 2.62. The van der Waals surface area contributed by atoms with E-state index < -0.39 is 12.1 Å². The van der Waals surface area contributed by atoms with Gasteiger partial charge >= 0.3 is 5.97 Å². The van der Waals surface area contributed by atoms with Crippen LogP contribution < -0.4 is 10.5 Å². The Hall–Kier alpha value is -2.53. The van der Waals surface area contributed by atoms with Crippen molar-refractivity contribution in [3.8, 4) is 5.75 Å². The van der Waals surface area contributed by atoms with Crippen LogP contribution in [0.25, 0.3) is 0 Å². The van der Waals surface area contributed by atoms with Gasteiger partial charge in [0.05, 0.1) is 17.8 Å². The number of methoxy groups -OCH3 is 1. The van der Waals surface area contributed by atoms with Crippen LogP contribution in [0.15, 0.2) is 36.4 Å². The van der Waals surface area contributed by atoms with Crippen molar-refractivity contribution in [1.29, 1.82) is 0 Å². The lowest BCUT2D eigenvalue weighted by molar-refractivity contribution is 0.0316. The summed E-state index contributed by atoms with van der Waals surface area (Å²) in [7, 11) is 1.41. The van der Waals surface area contributed by atoms with E-state index in [-0.39, 0.29) is 33.2 Å². The number of nitrogens with two attached hydrogens (primary N) is 1. The lowest BCUT2D eigenvalue weighted by atomic mass is 9.86. The van der Waals surface area contributed by atoms with Crippen molar-refractivity contribution in [2.75, 3.05) is 12.8 Å². The Bertz CT molecular complexity index is 854. The maximum atomic E-state index is 12.6. The highest BCUT2D eigenvalue weighted by Crippen LogP contribution is 2.30. The Kier molecular flexibility index (Phi) is 6.16. The van der Waals surface area contributed by atoms with Crippen molar-refractivity contribution in [2.24, 2.45) is 0 Å². The number of ether oxygens (including phenoxy) is 2. The molecule has 0 aliphatic heterocycles. The molecular weight excluding hydrogens is 366 g/mol. The number of ketones is 1. The van der Waals surface area contributed by atoms with Crippen molar-refractivity contribution in [2.45, 2.75) is 39.2 Å². The van der Waals surface area contributed by atoms with E-state index in [1.54, 1.807) is 12.1 Å². The highest BCUT2D eigenvalue weighted by Gasteiger charge is 2.24. The second-order valence-corrected chi connectivity index (χ2v) is 7.72. The first-order chi connectivity index (χ1) is 12.5. The third-order valence-electron chi connectivity index (χ3n) is 4.23. The summed E-state index contributed by atoms with van der Waals surface area (Å²) in [6, 6.07) is 10.1. The molecule has 2 N–H and O–H groups in total. The maximum absolute atomic E-state index is 12.6. The summed E-state index contributed by atoms with van der Waals surface area (Å²) in [6.07, 6.45) is -0.959. The fourth-order valence-electron chi connectivity index (χ4n) is 2.54. The zero-order chi connectivity index (χ0) is 20.4. The van der Waals surface area contributed by atoms with E-state index in [9.17, 15) is 9.59 Å². The maximum Gasteiger partial charge on any atom is 0.342 e. The molecule has 6 heteroatoms. The minimum atomic E-state index is -0.959. The quantitative estimate of drug-likeness (QED) is 0.457. The Labute approximate surface area is 164 Å². The van der Waals surface area contributed by atoms with Crippen LogP contribution in [-0.2, 0) is 10.2 Å². The lowest BCUT2D eigenvalue weighted by Crippen LogP contribution is -2.25. The van der Waals surface area contributed by atoms with Crippen LogP contribution in [0.2, 0.25) is 5.02 Å². The molecule has 5 nitrogen and oxygen atoms in total. The molecule has 0 aliphatic carbocycles. The molecule has 1 atom stereocenters. The monoisotopic (exact) mass is 389 g/mol. The average molecular weight is 390 g/mol. The van der Waals surface area contributed by atoms with Crippen LogP contribution in [0.5, 0.6) is 5.75 Å². The number of rotatable bonds is 5. The number of benzene rings is 2. The van der Waals surface area contributed by atoms with Gasteiger partial charge < -0.3 is 15.2 Å². The summed E-state index contributed by atoms with van der Waals surface area (Å²) < 4.78 is 10.5. The second-order valence-electron chi connectivity index (χ2n) is 7.31. The number of halogens is 1. The van der Waals surface area contributed by atoms with E-state index in [4.69, 9.17) is 26.8 Å². The molecule has 0 aromatic heterocycles. The van der Waals surface area contributed by atoms with E-state index in [2.05, 4.69) is 20.8 Å². The molecule has 2 aromatic rings. The standard InChI is InChI=1S/C21H24ClNO4/c1-12(19(24)13-6-8-14(9-7-13)21(2,3)4)27-20(25)15-10-16(22)17(23)11-18(15)26-5/h6-12H,23H2,1-5H3. The molecule has 0 spiro atoms. The van der Waals surface area contributed by atoms with E-state index in [0.29, 0.717) is 5.56 Å². The largest absolute Gasteiger partial charge is 0.496 e. The van der Waals surface area contributed by atoms with Gasteiger partial charge in [0.25, 0.3) is 0 Å². The molecule has 144 valence electrons. The van der Waals surface area contributed by atoms with Crippen LogP contribution in [0.1, 0.15) is 54.0 Å². The number of Topliss-reactive ketones (excluding diaryl/α,β-unsaturated/α-hetero) is 1. The zero-order valence-corrected chi connectivity index (χ0v) is 16.9. The summed E-state index contributed by atoms with van der Waals surface area (Å²) in [5, 5.41) is 0.208. The Morgan fingerprint density at radius 2 is 1.70 bits per heavy atom. The summed E-state index contributed by atoms with van der Waals surface area (Å²) >= 11 is 5.98. The molecule has 0 bridgehead atoms. The highest BCUT2D eigenvalue weighted by atomic mass is 35.5. The molecule has 0 radical (unpaired) electrons. The molecule has 2 rings (SSSR count). The first kappa shape index (κ1) is 20.8. The van der Waals surface area contributed by atoms with Crippen LogP contribution in [-0.4, -0.2) is 25.0 Å². The molecule has 0 saturated heterocycles. The highest BCUT2D eigenvalue weighted by molar-refractivity contribution is 6.33. The van der Waals surface area contributed by atoms with Crippen LogP contribution in [0, 0.1) is 0 Å². The van der Waals surface area contributed by atoms with Gasteiger partial charge in [0.2, 0.25) is 5.78 Å². The number of nitrogen functional groups attached to an aromatic ring is 1. The Morgan fingerprint density at radius 1 is 1.11 bits per heavy atom. The number of carbonyl (C=O) groups excluding carboxylic acids is 2. The van der Waals surface area contributed by atoms with E-state index in [0.717, 1.165) is 5.56 Å². The predicted molar refractivity (Wildman–Crippen MR) is 107 cm³/mol. The van der Waals surface area contributed by atoms with Gasteiger partial charge in [-0.05, 0) is 24.0 Å². The number of hydrogen-bond donors (Lipinski definition) is 1. The van der Waals surface area contributed by atoms with Crippen molar-refractivity contribution in [3.63, 3.8) is 0 Å². The number of esters is 1. The van der Waals surface area contributed by atoms with Crippen molar-refractivity contribution in [1.82, 2.24) is 0 Å². The van der Waals surface area contributed by atoms with Crippen molar-refractivity contribution in [3.05, 3.63) is 58.1 Å². The Balaban J connectivity index is 2.17. The molecule has 27 heavy (non-hydrogen) atoms. The van der Waals surface area contributed by atoms with Gasteiger partial charge in [-0.2, -0.15) is 0 Å². The van der Waals surface area contributed by atoms with Crippen LogP contribution in [0.3, 0.4) is 0 Å². The predicted octanol–water partition coefficient (Wildman–Crippen LogP) is 4.66. The summed E-state index contributed by atoms with van der Waals surface area (Å²) in [5.74, 6) is -0.763. The zero-order valence-electron chi connectivity index (χ0n) is 16.1. The molecule has 0 aliphatic rings.